The molecular weight excluding hydrogens is 811 g/mol. The lowest BCUT2D eigenvalue weighted by atomic mass is 10.1. The Morgan fingerprint density at radius 2 is 0.885 bits per heavy atom. The van der Waals surface area contributed by atoms with Crippen molar-refractivity contribution in [2.75, 3.05) is 9.80 Å². The fraction of sp³-hybridized carbons (Fsp3) is 0. The molecule has 12 rings (SSSR count). The topological polar surface area (TPSA) is 24.6 Å². The molecule has 0 aliphatic rings. The van der Waals surface area contributed by atoms with Gasteiger partial charge < -0.3 is 18.8 Å². The number of aromatic nitrogens is 1. The Balaban J connectivity index is 1.05. The third kappa shape index (κ3) is 6.04. The highest BCUT2D eigenvalue weighted by Crippen LogP contribution is 2.45. The van der Waals surface area contributed by atoms with Gasteiger partial charge in [0.05, 0.1) is 11.0 Å². The molecule has 0 saturated heterocycles. The fourth-order valence-corrected chi connectivity index (χ4v) is 9.62. The highest BCUT2D eigenvalue weighted by Gasteiger charge is 2.22. The maximum absolute atomic E-state index is 6.46. The Morgan fingerprint density at radius 3 is 1.69 bits per heavy atom. The molecule has 0 amide bonds. The minimum Gasteiger partial charge on any atom is -0.456 e. The zero-order chi connectivity index (χ0) is 40.4. The summed E-state index contributed by atoms with van der Waals surface area (Å²) in [4.78, 5) is 4.69. The molecule has 0 unspecified atom stereocenters. The number of fused-ring (bicyclic) bond motifs is 8. The van der Waals surface area contributed by atoms with Crippen molar-refractivity contribution < 1.29 is 4.42 Å². The van der Waals surface area contributed by atoms with Gasteiger partial charge in [0.1, 0.15) is 11.2 Å². The van der Waals surface area contributed by atoms with Crippen LogP contribution in [0.25, 0.3) is 71.0 Å². The number of benzene rings is 10. The van der Waals surface area contributed by atoms with Crippen molar-refractivity contribution >= 4 is 115 Å². The normalized spacial score (nSPS) is 11.7. The SMILES string of the molecule is Brc1cc(N(c2ccc3ccccc3c2)c2ccc3c(c2)oc2ccccc23)cc(N(c2ccccc2)c2ccc3c(c2)c2ccccc2n3-c2ccc3ccccc3c2)c1. The molecule has 4 nitrogen and oxygen atoms in total. The van der Waals surface area contributed by atoms with Crippen LogP contribution in [0.1, 0.15) is 0 Å². The summed E-state index contributed by atoms with van der Waals surface area (Å²) in [6, 6.07) is 78.3. The Kier molecular flexibility index (Phi) is 8.29. The minimum atomic E-state index is 0.849. The van der Waals surface area contributed by atoms with Crippen LogP contribution in [0.4, 0.5) is 34.1 Å². The number of halogens is 1. The van der Waals surface area contributed by atoms with E-state index < -0.39 is 0 Å². The van der Waals surface area contributed by atoms with E-state index in [1.807, 2.05) is 12.1 Å². The largest absolute Gasteiger partial charge is 0.456 e. The van der Waals surface area contributed by atoms with E-state index in [1.165, 1.54) is 37.8 Å². The average Bonchev–Trinajstić information content (AvgIpc) is 3.84. The van der Waals surface area contributed by atoms with Crippen LogP contribution in [-0.4, -0.2) is 4.57 Å². The van der Waals surface area contributed by atoms with Crippen molar-refractivity contribution in [2.24, 2.45) is 0 Å². The summed E-state index contributed by atoms with van der Waals surface area (Å²) in [6.45, 7) is 0. The Labute approximate surface area is 360 Å². The number of nitrogens with zero attached hydrogens (tertiary/aromatic N) is 3. The van der Waals surface area contributed by atoms with Gasteiger partial charge in [0.15, 0.2) is 0 Å². The van der Waals surface area contributed by atoms with Crippen molar-refractivity contribution in [1.82, 2.24) is 4.57 Å². The molecule has 2 heterocycles. The van der Waals surface area contributed by atoms with E-state index in [2.05, 4.69) is 237 Å². The molecule has 5 heteroatoms. The van der Waals surface area contributed by atoms with Crippen LogP contribution in [0, 0.1) is 0 Å². The molecular formula is C56H36BrN3O. The van der Waals surface area contributed by atoms with E-state index in [1.54, 1.807) is 0 Å². The first-order valence-corrected chi connectivity index (χ1v) is 21.3. The van der Waals surface area contributed by atoms with E-state index in [-0.39, 0.29) is 0 Å². The van der Waals surface area contributed by atoms with Gasteiger partial charge in [0, 0.05) is 71.9 Å². The number of rotatable bonds is 7. The maximum Gasteiger partial charge on any atom is 0.137 e. The first-order chi connectivity index (χ1) is 30.1. The average molecular weight is 847 g/mol. The van der Waals surface area contributed by atoms with Crippen LogP contribution in [0.2, 0.25) is 0 Å². The Morgan fingerprint density at radius 1 is 0.328 bits per heavy atom. The summed E-state index contributed by atoms with van der Waals surface area (Å²) < 4.78 is 9.81. The number of para-hydroxylation sites is 3. The summed E-state index contributed by atoms with van der Waals surface area (Å²) in [5.74, 6) is 0. The standard InChI is InChI=1S/C56H36BrN3O/c57-41-32-47(34-48(33-41)59(43-24-22-37-12-4-6-14-39(37)30-43)46-26-28-51-50-19-9-11-21-55(50)61-56(51)36-46)58(42-16-2-1-3-17-42)45-27-29-54-52(35-45)49-18-8-10-20-53(49)60(54)44-25-23-38-13-5-7-15-40(38)31-44/h1-36H. The molecule has 0 radical (unpaired) electrons. The van der Waals surface area contributed by atoms with E-state index in [9.17, 15) is 0 Å². The van der Waals surface area contributed by atoms with Crippen LogP contribution in [0.3, 0.4) is 0 Å². The second-order valence-corrected chi connectivity index (χ2v) is 16.5. The molecule has 0 aliphatic carbocycles. The quantitative estimate of drug-likeness (QED) is 0.160. The monoisotopic (exact) mass is 845 g/mol. The Hall–Kier alpha value is -7.60. The first-order valence-electron chi connectivity index (χ1n) is 20.5. The fourth-order valence-electron chi connectivity index (χ4n) is 9.15. The van der Waals surface area contributed by atoms with Gasteiger partial charge in [-0.05, 0) is 119 Å². The summed E-state index contributed by atoms with van der Waals surface area (Å²) >= 11 is 3.99. The second kappa shape index (κ2) is 14.3. The van der Waals surface area contributed by atoms with Crippen molar-refractivity contribution in [1.29, 1.82) is 0 Å². The van der Waals surface area contributed by atoms with Gasteiger partial charge in [-0.1, -0.05) is 131 Å². The summed E-state index contributed by atoms with van der Waals surface area (Å²) in [7, 11) is 0. The smallest absolute Gasteiger partial charge is 0.137 e. The molecule has 61 heavy (non-hydrogen) atoms. The van der Waals surface area contributed by atoms with Crippen LogP contribution < -0.4 is 9.80 Å². The van der Waals surface area contributed by atoms with Crippen LogP contribution in [0.5, 0.6) is 0 Å². The molecule has 0 fully saturated rings. The lowest BCUT2D eigenvalue weighted by Gasteiger charge is -2.30. The molecule has 0 saturated carbocycles. The lowest BCUT2D eigenvalue weighted by molar-refractivity contribution is 0.669. The van der Waals surface area contributed by atoms with E-state index in [4.69, 9.17) is 4.42 Å². The molecule has 0 atom stereocenters. The summed E-state index contributed by atoms with van der Waals surface area (Å²) in [5.41, 5.74) is 11.4. The van der Waals surface area contributed by atoms with Crippen molar-refractivity contribution in [3.8, 4) is 5.69 Å². The third-order valence-corrected chi connectivity index (χ3v) is 12.4. The van der Waals surface area contributed by atoms with Gasteiger partial charge in [-0.2, -0.15) is 0 Å². The van der Waals surface area contributed by atoms with Gasteiger partial charge in [-0.3, -0.25) is 0 Å². The lowest BCUT2D eigenvalue weighted by Crippen LogP contribution is -2.13. The Bertz CT molecular complexity index is 3640. The second-order valence-electron chi connectivity index (χ2n) is 15.6. The van der Waals surface area contributed by atoms with Crippen molar-refractivity contribution in [3.05, 3.63) is 223 Å². The number of hydrogen-bond acceptors (Lipinski definition) is 3. The van der Waals surface area contributed by atoms with Gasteiger partial charge >= 0.3 is 0 Å². The number of hydrogen-bond donors (Lipinski definition) is 0. The predicted molar refractivity (Wildman–Crippen MR) is 260 cm³/mol. The van der Waals surface area contributed by atoms with Gasteiger partial charge in [0.25, 0.3) is 0 Å². The van der Waals surface area contributed by atoms with Crippen LogP contribution in [0.15, 0.2) is 227 Å². The maximum atomic E-state index is 6.46. The zero-order valence-electron chi connectivity index (χ0n) is 32.9. The minimum absolute atomic E-state index is 0.849. The molecule has 0 spiro atoms. The van der Waals surface area contributed by atoms with Crippen LogP contribution in [-0.2, 0) is 0 Å². The van der Waals surface area contributed by atoms with Crippen LogP contribution >= 0.6 is 15.9 Å². The molecule has 10 aromatic carbocycles. The van der Waals surface area contributed by atoms with E-state index in [0.717, 1.165) is 71.7 Å². The van der Waals surface area contributed by atoms with E-state index >= 15 is 0 Å². The third-order valence-electron chi connectivity index (χ3n) is 11.9. The molecule has 0 N–H and O–H groups in total. The highest BCUT2D eigenvalue weighted by molar-refractivity contribution is 9.10. The predicted octanol–water partition coefficient (Wildman–Crippen LogP) is 16.7. The van der Waals surface area contributed by atoms with Gasteiger partial charge in [-0.15, -0.1) is 0 Å². The first kappa shape index (κ1) is 35.4. The molecule has 2 aromatic heterocycles. The van der Waals surface area contributed by atoms with Gasteiger partial charge in [0.2, 0.25) is 0 Å². The highest BCUT2D eigenvalue weighted by atomic mass is 79.9. The zero-order valence-corrected chi connectivity index (χ0v) is 34.5. The summed E-state index contributed by atoms with van der Waals surface area (Å²) in [5, 5.41) is 9.43. The van der Waals surface area contributed by atoms with Crippen molar-refractivity contribution in [3.63, 3.8) is 0 Å². The molecule has 288 valence electrons. The van der Waals surface area contributed by atoms with E-state index in [0.29, 0.717) is 0 Å². The molecule has 0 bridgehead atoms. The number of furan rings is 1. The molecule has 0 aliphatic heterocycles. The summed E-state index contributed by atoms with van der Waals surface area (Å²) in [6.07, 6.45) is 0. The molecule has 12 aromatic rings. The number of anilines is 6. The van der Waals surface area contributed by atoms with Gasteiger partial charge in [-0.25, -0.2) is 0 Å². The van der Waals surface area contributed by atoms with Crippen molar-refractivity contribution in [2.45, 2.75) is 0 Å².